The van der Waals surface area contributed by atoms with E-state index in [1.54, 1.807) is 42.7 Å². The summed E-state index contributed by atoms with van der Waals surface area (Å²) in [6.07, 6.45) is 2.10. The van der Waals surface area contributed by atoms with Crippen molar-refractivity contribution in [2.75, 3.05) is 19.8 Å². The molecule has 1 atom stereocenters. The molecule has 1 aromatic heterocycles. The van der Waals surface area contributed by atoms with Crippen LogP contribution in [0.3, 0.4) is 0 Å². The van der Waals surface area contributed by atoms with Crippen LogP contribution in [0, 0.1) is 0 Å². The van der Waals surface area contributed by atoms with E-state index in [1.807, 2.05) is 38.1 Å². The second kappa shape index (κ2) is 11.9. The summed E-state index contributed by atoms with van der Waals surface area (Å²) in [5.41, 5.74) is 1.92. The van der Waals surface area contributed by atoms with Gasteiger partial charge in [0.15, 0.2) is 0 Å². The Morgan fingerprint density at radius 1 is 1.06 bits per heavy atom. The van der Waals surface area contributed by atoms with E-state index < -0.39 is 12.5 Å². The number of furan rings is 1. The lowest BCUT2D eigenvalue weighted by atomic mass is 10.1. The minimum atomic E-state index is -1.02. The van der Waals surface area contributed by atoms with E-state index in [9.17, 15) is 9.59 Å². The summed E-state index contributed by atoms with van der Waals surface area (Å²) < 4.78 is 25.2. The molecule has 1 unspecified atom stereocenters. The van der Waals surface area contributed by atoms with Crippen molar-refractivity contribution in [2.24, 2.45) is 0 Å². The fourth-order valence-electron chi connectivity index (χ4n) is 3.18. The Morgan fingerprint density at radius 2 is 1.82 bits per heavy atom. The van der Waals surface area contributed by atoms with Gasteiger partial charge in [-0.05, 0) is 44.2 Å². The highest BCUT2D eigenvalue weighted by Gasteiger charge is 2.21. The molecule has 174 valence electrons. The highest BCUT2D eigenvalue weighted by molar-refractivity contribution is 5.94. The van der Waals surface area contributed by atoms with Crippen molar-refractivity contribution in [1.29, 1.82) is 0 Å². The third-order valence-electron chi connectivity index (χ3n) is 4.84. The number of nitrogens with zero attached hydrogens (tertiary/aromatic N) is 1. The number of amides is 1. The van der Waals surface area contributed by atoms with Crippen LogP contribution < -0.4 is 4.74 Å². The van der Waals surface area contributed by atoms with Gasteiger partial charge in [-0.3, -0.25) is 4.79 Å². The standard InChI is InChI=1S/C26H29NO6/c1-19(2)27(26(30)21-12-10-20(11-13-21)23-9-5-15-32-23)17-22-7-3-4-8-24(22)33-16-6-14-31-18-25(28)29/h3-5,7-13,15,19H,6,14,16-18H2,1-2H3,(H,28,29)/i17D. The molecule has 7 heteroatoms. The molecule has 0 radical (unpaired) electrons. The molecule has 0 bridgehead atoms. The topological polar surface area (TPSA) is 89.2 Å². The van der Waals surface area contributed by atoms with Crippen LogP contribution in [0.5, 0.6) is 5.75 Å². The lowest BCUT2D eigenvalue weighted by molar-refractivity contribution is -0.142. The van der Waals surface area contributed by atoms with Crippen molar-refractivity contribution < 1.29 is 30.0 Å². The predicted octanol–water partition coefficient (Wildman–Crippen LogP) is 4.87. The van der Waals surface area contributed by atoms with Crippen LogP contribution in [-0.2, 0) is 16.1 Å². The van der Waals surface area contributed by atoms with Crippen molar-refractivity contribution >= 4 is 11.9 Å². The van der Waals surface area contributed by atoms with E-state index in [4.69, 9.17) is 20.4 Å². The molecule has 0 saturated carbocycles. The van der Waals surface area contributed by atoms with Gasteiger partial charge in [0.05, 0.1) is 20.8 Å². The van der Waals surface area contributed by atoms with Crippen LogP contribution in [0.15, 0.2) is 71.3 Å². The molecule has 0 saturated heterocycles. The predicted molar refractivity (Wildman–Crippen MR) is 124 cm³/mol. The highest BCUT2D eigenvalue weighted by Crippen LogP contribution is 2.24. The largest absolute Gasteiger partial charge is 0.493 e. The van der Waals surface area contributed by atoms with Gasteiger partial charge >= 0.3 is 5.97 Å². The molecule has 7 nitrogen and oxygen atoms in total. The van der Waals surface area contributed by atoms with Crippen molar-refractivity contribution in [3.8, 4) is 17.1 Å². The first-order valence-corrected chi connectivity index (χ1v) is 10.8. The van der Waals surface area contributed by atoms with Gasteiger partial charge in [0.25, 0.3) is 5.91 Å². The highest BCUT2D eigenvalue weighted by atomic mass is 16.5. The van der Waals surface area contributed by atoms with Gasteiger partial charge < -0.3 is 23.9 Å². The van der Waals surface area contributed by atoms with Crippen molar-refractivity contribution in [2.45, 2.75) is 32.8 Å². The number of benzene rings is 2. The average Bonchev–Trinajstić information content (AvgIpc) is 3.36. The zero-order valence-electron chi connectivity index (χ0n) is 19.8. The number of para-hydroxylation sites is 1. The summed E-state index contributed by atoms with van der Waals surface area (Å²) in [6, 6.07) is 17.7. The van der Waals surface area contributed by atoms with Gasteiger partial charge in [0.1, 0.15) is 18.1 Å². The molecule has 0 aliphatic heterocycles. The molecule has 0 spiro atoms. The van der Waals surface area contributed by atoms with E-state index in [1.165, 1.54) is 4.90 Å². The molecule has 33 heavy (non-hydrogen) atoms. The van der Waals surface area contributed by atoms with Crippen LogP contribution in [0.2, 0.25) is 0 Å². The molecule has 1 amide bonds. The minimum absolute atomic E-state index is 0.225. The molecule has 2 aromatic carbocycles. The Balaban J connectivity index is 1.71. The number of ether oxygens (including phenoxy) is 2. The number of carboxylic acids is 1. The molecule has 0 fully saturated rings. The lowest BCUT2D eigenvalue weighted by Crippen LogP contribution is -2.36. The van der Waals surface area contributed by atoms with Gasteiger partial charge in [0.2, 0.25) is 0 Å². The summed E-state index contributed by atoms with van der Waals surface area (Å²) in [4.78, 5) is 25.4. The van der Waals surface area contributed by atoms with Crippen LogP contribution in [0.4, 0.5) is 0 Å². The maximum absolute atomic E-state index is 13.4. The molecule has 0 aliphatic carbocycles. The van der Waals surface area contributed by atoms with Gasteiger partial charge in [-0.2, -0.15) is 0 Å². The zero-order valence-corrected chi connectivity index (χ0v) is 18.8. The third-order valence-corrected chi connectivity index (χ3v) is 4.84. The fourth-order valence-corrected chi connectivity index (χ4v) is 3.18. The van der Waals surface area contributed by atoms with E-state index in [2.05, 4.69) is 0 Å². The van der Waals surface area contributed by atoms with Crippen molar-refractivity contribution in [3.63, 3.8) is 0 Å². The molecule has 3 rings (SSSR count). The van der Waals surface area contributed by atoms with Crippen LogP contribution in [-0.4, -0.2) is 47.7 Å². The number of hydrogen-bond donors (Lipinski definition) is 1. The van der Waals surface area contributed by atoms with E-state index in [-0.39, 0.29) is 25.2 Å². The summed E-state index contributed by atoms with van der Waals surface area (Å²) in [5.74, 6) is -0.0416. The number of carbonyl (C=O) groups is 2. The SMILES string of the molecule is [2H]C(c1ccccc1OCCCOCC(=O)O)N(C(=O)c1ccc(-c2ccco2)cc1)C(C)C. The Morgan fingerprint density at radius 3 is 2.48 bits per heavy atom. The van der Waals surface area contributed by atoms with Gasteiger partial charge in [-0.25, -0.2) is 4.79 Å². The van der Waals surface area contributed by atoms with Gasteiger partial charge in [-0.1, -0.05) is 30.3 Å². The number of hydrogen-bond acceptors (Lipinski definition) is 5. The molecule has 1 N–H and O–H groups in total. The molecule has 0 aliphatic rings. The second-order valence-corrected chi connectivity index (χ2v) is 7.68. The first-order chi connectivity index (χ1) is 16.4. The molecular weight excluding hydrogens is 422 g/mol. The lowest BCUT2D eigenvalue weighted by Gasteiger charge is -2.28. The van der Waals surface area contributed by atoms with E-state index >= 15 is 0 Å². The quantitative estimate of drug-likeness (QED) is 0.395. The average molecular weight is 453 g/mol. The number of carboxylic acid groups (broad SMARTS) is 1. The van der Waals surface area contributed by atoms with Crippen LogP contribution in [0.1, 0.15) is 37.6 Å². The smallest absolute Gasteiger partial charge is 0.329 e. The summed E-state index contributed by atoms with van der Waals surface area (Å²) in [5, 5.41) is 8.61. The van der Waals surface area contributed by atoms with E-state index in [0.29, 0.717) is 29.9 Å². The van der Waals surface area contributed by atoms with E-state index in [0.717, 1.165) is 11.3 Å². The monoisotopic (exact) mass is 452 g/mol. The summed E-state index contributed by atoms with van der Waals surface area (Å²) in [6.45, 7) is 2.98. The number of rotatable bonds is 12. The van der Waals surface area contributed by atoms with Gasteiger partial charge in [-0.15, -0.1) is 0 Å². The van der Waals surface area contributed by atoms with Crippen LogP contribution in [0.25, 0.3) is 11.3 Å². The number of carbonyl (C=O) groups excluding carboxylic acids is 1. The Hall–Kier alpha value is -3.58. The molecule has 1 heterocycles. The zero-order chi connectivity index (χ0) is 24.5. The number of aliphatic carboxylic acids is 1. The molecule has 3 aromatic rings. The first-order valence-electron chi connectivity index (χ1n) is 11.4. The molecular formula is C26H29NO6. The Bertz CT molecular complexity index is 1070. The summed E-state index contributed by atoms with van der Waals surface area (Å²) >= 11 is 0. The second-order valence-electron chi connectivity index (χ2n) is 7.68. The van der Waals surface area contributed by atoms with Crippen molar-refractivity contribution in [3.05, 3.63) is 78.1 Å². The normalized spacial score (nSPS) is 12.3. The first kappa shape index (κ1) is 22.6. The van der Waals surface area contributed by atoms with Gasteiger partial charge in [0, 0.05) is 35.7 Å². The maximum atomic E-state index is 13.4. The summed E-state index contributed by atoms with van der Waals surface area (Å²) in [7, 11) is 0. The Kier molecular flexibility index (Phi) is 8.14. The third kappa shape index (κ3) is 6.95. The fraction of sp³-hybridized carbons (Fsp3) is 0.308. The van der Waals surface area contributed by atoms with Crippen LogP contribution >= 0.6 is 0 Å². The van der Waals surface area contributed by atoms with Crippen molar-refractivity contribution in [1.82, 2.24) is 4.90 Å². The minimum Gasteiger partial charge on any atom is -0.493 e. The Labute approximate surface area is 194 Å². The maximum Gasteiger partial charge on any atom is 0.329 e.